The van der Waals surface area contributed by atoms with E-state index in [1.807, 2.05) is 30.0 Å². The predicted octanol–water partition coefficient (Wildman–Crippen LogP) is 1.25. The van der Waals surface area contributed by atoms with Crippen LogP contribution in [-0.4, -0.2) is 54.3 Å². The van der Waals surface area contributed by atoms with Gasteiger partial charge < -0.3 is 10.2 Å². The molecule has 1 saturated heterocycles. The fourth-order valence-electron chi connectivity index (χ4n) is 2.63. The Hall–Kier alpha value is -1.88. The van der Waals surface area contributed by atoms with Gasteiger partial charge in [-0.1, -0.05) is 37.3 Å². The van der Waals surface area contributed by atoms with E-state index in [2.05, 4.69) is 22.3 Å². The minimum absolute atomic E-state index is 0.0250. The van der Waals surface area contributed by atoms with E-state index in [1.165, 1.54) is 5.56 Å². The number of amides is 2. The van der Waals surface area contributed by atoms with Crippen molar-refractivity contribution in [2.45, 2.75) is 26.3 Å². The maximum Gasteiger partial charge on any atom is 0.241 e. The molecule has 0 atom stereocenters. The largest absolute Gasteiger partial charge is 0.346 e. The van der Waals surface area contributed by atoms with Crippen LogP contribution in [0.25, 0.3) is 0 Å². The van der Waals surface area contributed by atoms with Gasteiger partial charge in [-0.25, -0.2) is 0 Å². The molecular formula is C17H25N3O2. The van der Waals surface area contributed by atoms with Gasteiger partial charge in [0.25, 0.3) is 0 Å². The molecular weight excluding hydrogens is 278 g/mol. The Morgan fingerprint density at radius 1 is 1.18 bits per heavy atom. The molecule has 2 amide bonds. The van der Waals surface area contributed by atoms with Crippen LogP contribution in [0.4, 0.5) is 0 Å². The zero-order valence-corrected chi connectivity index (χ0v) is 13.3. The van der Waals surface area contributed by atoms with Crippen molar-refractivity contribution in [2.24, 2.45) is 0 Å². The van der Waals surface area contributed by atoms with E-state index < -0.39 is 0 Å². The Morgan fingerprint density at radius 3 is 2.50 bits per heavy atom. The van der Waals surface area contributed by atoms with E-state index >= 15 is 0 Å². The SMILES string of the molecule is CCN(CC(=O)NCC(=O)N1CCCC1)Cc1ccccc1. The Labute approximate surface area is 132 Å². The average molecular weight is 303 g/mol. The molecule has 0 aromatic heterocycles. The monoisotopic (exact) mass is 303 g/mol. The number of likely N-dealkylation sites (N-methyl/N-ethyl adjacent to an activating group) is 1. The van der Waals surface area contributed by atoms with Gasteiger partial charge in [0, 0.05) is 19.6 Å². The number of nitrogens with one attached hydrogen (secondary N) is 1. The van der Waals surface area contributed by atoms with Gasteiger partial charge in [-0.05, 0) is 24.9 Å². The van der Waals surface area contributed by atoms with Crippen LogP contribution in [0.2, 0.25) is 0 Å². The van der Waals surface area contributed by atoms with Gasteiger partial charge in [0.1, 0.15) is 0 Å². The molecule has 0 saturated carbocycles. The summed E-state index contributed by atoms with van der Waals surface area (Å²) in [6.45, 7) is 5.65. The summed E-state index contributed by atoms with van der Waals surface area (Å²) >= 11 is 0. The van der Waals surface area contributed by atoms with Gasteiger partial charge >= 0.3 is 0 Å². The molecule has 2 rings (SSSR count). The second-order valence-electron chi connectivity index (χ2n) is 5.65. The molecule has 22 heavy (non-hydrogen) atoms. The maximum atomic E-state index is 12.0. The summed E-state index contributed by atoms with van der Waals surface area (Å²) in [5.41, 5.74) is 1.19. The van der Waals surface area contributed by atoms with E-state index in [-0.39, 0.29) is 18.4 Å². The molecule has 5 heteroatoms. The second-order valence-corrected chi connectivity index (χ2v) is 5.65. The summed E-state index contributed by atoms with van der Waals surface area (Å²) < 4.78 is 0. The minimum Gasteiger partial charge on any atom is -0.346 e. The first kappa shape index (κ1) is 16.5. The summed E-state index contributed by atoms with van der Waals surface area (Å²) in [6.07, 6.45) is 2.14. The van der Waals surface area contributed by atoms with Gasteiger partial charge in [0.2, 0.25) is 11.8 Å². The molecule has 1 aromatic carbocycles. The van der Waals surface area contributed by atoms with Crippen LogP contribution >= 0.6 is 0 Å². The van der Waals surface area contributed by atoms with E-state index in [1.54, 1.807) is 0 Å². The van der Waals surface area contributed by atoms with Crippen molar-refractivity contribution >= 4 is 11.8 Å². The third-order valence-electron chi connectivity index (χ3n) is 3.96. The van der Waals surface area contributed by atoms with Gasteiger partial charge in [0.05, 0.1) is 13.1 Å². The molecule has 1 aliphatic heterocycles. The van der Waals surface area contributed by atoms with Crippen molar-refractivity contribution in [3.63, 3.8) is 0 Å². The summed E-state index contributed by atoms with van der Waals surface area (Å²) in [7, 11) is 0. The highest BCUT2D eigenvalue weighted by Gasteiger charge is 2.18. The van der Waals surface area contributed by atoms with Crippen LogP contribution < -0.4 is 5.32 Å². The van der Waals surface area contributed by atoms with Gasteiger partial charge in [0.15, 0.2) is 0 Å². The molecule has 1 heterocycles. The zero-order valence-electron chi connectivity index (χ0n) is 13.3. The quantitative estimate of drug-likeness (QED) is 0.825. The van der Waals surface area contributed by atoms with E-state index in [9.17, 15) is 9.59 Å². The number of hydrogen-bond acceptors (Lipinski definition) is 3. The molecule has 0 unspecified atom stereocenters. The van der Waals surface area contributed by atoms with Crippen LogP contribution in [0.15, 0.2) is 30.3 Å². The minimum atomic E-state index is -0.0923. The highest BCUT2D eigenvalue weighted by molar-refractivity contribution is 5.85. The first-order valence-electron chi connectivity index (χ1n) is 7.99. The standard InChI is InChI=1S/C17H25N3O2/c1-2-19(13-15-8-4-3-5-9-15)14-16(21)18-12-17(22)20-10-6-7-11-20/h3-5,8-9H,2,6-7,10-14H2,1H3,(H,18,21). The molecule has 0 radical (unpaired) electrons. The highest BCUT2D eigenvalue weighted by atomic mass is 16.2. The van der Waals surface area contributed by atoms with Crippen molar-refractivity contribution in [1.82, 2.24) is 15.1 Å². The third-order valence-corrected chi connectivity index (χ3v) is 3.96. The van der Waals surface area contributed by atoms with Crippen LogP contribution in [0.1, 0.15) is 25.3 Å². The Balaban J connectivity index is 1.73. The third kappa shape index (κ3) is 5.15. The molecule has 0 spiro atoms. The number of benzene rings is 1. The number of hydrogen-bond donors (Lipinski definition) is 1. The van der Waals surface area contributed by atoms with E-state index in [4.69, 9.17) is 0 Å². The van der Waals surface area contributed by atoms with E-state index in [0.29, 0.717) is 6.54 Å². The van der Waals surface area contributed by atoms with Crippen LogP contribution in [0, 0.1) is 0 Å². The molecule has 5 nitrogen and oxygen atoms in total. The number of rotatable bonds is 7. The van der Waals surface area contributed by atoms with Crippen LogP contribution in [0.5, 0.6) is 0 Å². The number of carbonyl (C=O) groups is 2. The molecule has 120 valence electrons. The smallest absolute Gasteiger partial charge is 0.241 e. The Bertz CT molecular complexity index is 484. The Kier molecular flexibility index (Phi) is 6.40. The lowest BCUT2D eigenvalue weighted by Crippen LogP contribution is -2.42. The number of nitrogens with zero attached hydrogens (tertiary/aromatic N) is 2. The molecule has 0 aliphatic carbocycles. The van der Waals surface area contributed by atoms with Crippen molar-refractivity contribution in [3.8, 4) is 0 Å². The number of likely N-dealkylation sites (tertiary alicyclic amines) is 1. The lowest BCUT2D eigenvalue weighted by Gasteiger charge is -2.20. The van der Waals surface area contributed by atoms with Gasteiger partial charge in [-0.3, -0.25) is 14.5 Å². The summed E-state index contributed by atoms with van der Waals surface area (Å²) in [4.78, 5) is 27.8. The summed E-state index contributed by atoms with van der Waals surface area (Å²) in [5, 5.41) is 2.74. The van der Waals surface area contributed by atoms with Crippen LogP contribution in [0.3, 0.4) is 0 Å². The molecule has 1 aromatic rings. The van der Waals surface area contributed by atoms with Crippen molar-refractivity contribution in [1.29, 1.82) is 0 Å². The number of carbonyl (C=O) groups excluding carboxylic acids is 2. The molecule has 1 fully saturated rings. The van der Waals surface area contributed by atoms with Gasteiger partial charge in [-0.15, -0.1) is 0 Å². The van der Waals surface area contributed by atoms with E-state index in [0.717, 1.165) is 39.0 Å². The lowest BCUT2D eigenvalue weighted by molar-refractivity contribution is -0.132. The topological polar surface area (TPSA) is 52.7 Å². The molecule has 1 N–H and O–H groups in total. The first-order valence-corrected chi connectivity index (χ1v) is 7.99. The first-order chi connectivity index (χ1) is 10.7. The maximum absolute atomic E-state index is 12.0. The predicted molar refractivity (Wildman–Crippen MR) is 86.2 cm³/mol. The highest BCUT2D eigenvalue weighted by Crippen LogP contribution is 2.07. The average Bonchev–Trinajstić information content (AvgIpc) is 3.07. The summed E-state index contributed by atoms with van der Waals surface area (Å²) in [6, 6.07) is 10.1. The fourth-order valence-corrected chi connectivity index (χ4v) is 2.63. The second kappa shape index (κ2) is 8.54. The van der Waals surface area contributed by atoms with Gasteiger partial charge in [-0.2, -0.15) is 0 Å². The normalized spacial score (nSPS) is 14.4. The molecule has 1 aliphatic rings. The van der Waals surface area contributed by atoms with Crippen molar-refractivity contribution < 1.29 is 9.59 Å². The van der Waals surface area contributed by atoms with Crippen molar-refractivity contribution in [2.75, 3.05) is 32.7 Å². The molecule has 0 bridgehead atoms. The lowest BCUT2D eigenvalue weighted by atomic mass is 10.2. The zero-order chi connectivity index (χ0) is 15.8. The Morgan fingerprint density at radius 2 is 1.86 bits per heavy atom. The van der Waals surface area contributed by atoms with Crippen LogP contribution in [-0.2, 0) is 16.1 Å². The summed E-state index contributed by atoms with van der Waals surface area (Å²) in [5.74, 6) is -0.0673. The fraction of sp³-hybridized carbons (Fsp3) is 0.529. The van der Waals surface area contributed by atoms with Crippen molar-refractivity contribution in [3.05, 3.63) is 35.9 Å².